The van der Waals surface area contributed by atoms with Gasteiger partial charge in [0, 0.05) is 19.5 Å². The topological polar surface area (TPSA) is 59.2 Å². The van der Waals surface area contributed by atoms with Crippen molar-refractivity contribution in [1.29, 1.82) is 0 Å². The van der Waals surface area contributed by atoms with Crippen molar-refractivity contribution >= 4 is 17.5 Å². The van der Waals surface area contributed by atoms with Crippen LogP contribution in [0.5, 0.6) is 0 Å². The third kappa shape index (κ3) is 3.92. The van der Waals surface area contributed by atoms with E-state index >= 15 is 0 Å². The molecule has 1 aliphatic rings. The van der Waals surface area contributed by atoms with E-state index < -0.39 is 0 Å². The molecule has 0 radical (unpaired) electrons. The molecule has 5 nitrogen and oxygen atoms in total. The highest BCUT2D eigenvalue weighted by atomic mass is 35.5. The fourth-order valence-corrected chi connectivity index (χ4v) is 3.77. The number of nitrogens with zero attached hydrogens (tertiary/aromatic N) is 3. The Morgan fingerprint density at radius 3 is 2.82 bits per heavy atom. The number of hydrogen-bond donors (Lipinski definition) is 0. The molecular formula is C21H19ClFN3O2. The van der Waals surface area contributed by atoms with Gasteiger partial charge in [-0.05, 0) is 43.0 Å². The minimum atomic E-state index is -0.385. The number of likely N-dealkylation sites (tertiary alicyclic amines) is 1. The number of aromatic nitrogens is 2. The summed E-state index contributed by atoms with van der Waals surface area (Å²) in [6.45, 7) is 1.30. The van der Waals surface area contributed by atoms with E-state index in [4.69, 9.17) is 16.1 Å². The highest BCUT2D eigenvalue weighted by Gasteiger charge is 2.27. The van der Waals surface area contributed by atoms with Gasteiger partial charge in [-0.15, -0.1) is 0 Å². The lowest BCUT2D eigenvalue weighted by atomic mass is 9.94. The molecule has 0 unspecified atom stereocenters. The highest BCUT2D eigenvalue weighted by molar-refractivity contribution is 6.33. The zero-order valence-corrected chi connectivity index (χ0v) is 15.9. The predicted octanol–water partition coefficient (Wildman–Crippen LogP) is 4.62. The Labute approximate surface area is 167 Å². The van der Waals surface area contributed by atoms with Crippen molar-refractivity contribution in [2.75, 3.05) is 13.1 Å². The van der Waals surface area contributed by atoms with Crippen molar-refractivity contribution in [1.82, 2.24) is 15.0 Å². The molecule has 2 heterocycles. The smallest absolute Gasteiger partial charge is 0.255 e. The second-order valence-corrected chi connectivity index (χ2v) is 7.34. The van der Waals surface area contributed by atoms with Crippen LogP contribution in [0.3, 0.4) is 0 Å². The van der Waals surface area contributed by atoms with Gasteiger partial charge < -0.3 is 9.42 Å². The summed E-state index contributed by atoms with van der Waals surface area (Å²) in [7, 11) is 0. The zero-order valence-electron chi connectivity index (χ0n) is 15.1. The van der Waals surface area contributed by atoms with Gasteiger partial charge >= 0.3 is 0 Å². The molecule has 28 heavy (non-hydrogen) atoms. The van der Waals surface area contributed by atoms with E-state index in [9.17, 15) is 9.18 Å². The van der Waals surface area contributed by atoms with Gasteiger partial charge in [-0.25, -0.2) is 4.39 Å². The van der Waals surface area contributed by atoms with Gasteiger partial charge in [0.15, 0.2) is 0 Å². The van der Waals surface area contributed by atoms with Crippen LogP contribution in [0.2, 0.25) is 5.02 Å². The molecule has 7 heteroatoms. The first-order chi connectivity index (χ1) is 13.6. The fraction of sp³-hybridized carbons (Fsp3) is 0.286. The molecular weight excluding hydrogens is 381 g/mol. The Morgan fingerprint density at radius 1 is 1.21 bits per heavy atom. The van der Waals surface area contributed by atoms with E-state index in [1.54, 1.807) is 36.4 Å². The largest absolute Gasteiger partial charge is 0.339 e. The van der Waals surface area contributed by atoms with Gasteiger partial charge in [0.2, 0.25) is 11.7 Å². The quantitative estimate of drug-likeness (QED) is 0.642. The van der Waals surface area contributed by atoms with E-state index in [0.717, 1.165) is 12.8 Å². The first-order valence-corrected chi connectivity index (χ1v) is 9.61. The summed E-state index contributed by atoms with van der Waals surface area (Å²) in [6.07, 6.45) is 2.41. The predicted molar refractivity (Wildman–Crippen MR) is 103 cm³/mol. The van der Waals surface area contributed by atoms with Crippen molar-refractivity contribution in [3.8, 4) is 11.4 Å². The van der Waals surface area contributed by atoms with Crippen LogP contribution in [0.4, 0.5) is 4.39 Å². The zero-order chi connectivity index (χ0) is 19.5. The summed E-state index contributed by atoms with van der Waals surface area (Å²) >= 11 is 6.17. The molecule has 0 bridgehead atoms. The second-order valence-electron chi connectivity index (χ2n) is 6.93. The molecule has 1 aliphatic heterocycles. The first-order valence-electron chi connectivity index (χ1n) is 9.23. The summed E-state index contributed by atoms with van der Waals surface area (Å²) in [5.41, 5.74) is 0.834. The summed E-state index contributed by atoms with van der Waals surface area (Å²) in [4.78, 5) is 19.0. The third-order valence-electron chi connectivity index (χ3n) is 4.96. The van der Waals surface area contributed by atoms with Gasteiger partial charge in [-0.3, -0.25) is 4.79 Å². The Kier molecular flexibility index (Phi) is 5.39. The van der Waals surface area contributed by atoms with Crippen LogP contribution in [0.15, 0.2) is 53.1 Å². The maximum Gasteiger partial charge on any atom is 0.255 e. The van der Waals surface area contributed by atoms with Crippen molar-refractivity contribution in [3.05, 3.63) is 70.8 Å². The SMILES string of the molecule is O=C(c1ccccc1Cl)N1CCC[C@H](Cc2nc(-c3ccccc3F)no2)C1. The Balaban J connectivity index is 1.44. The summed E-state index contributed by atoms with van der Waals surface area (Å²) in [5.74, 6) is 0.453. The van der Waals surface area contributed by atoms with E-state index in [-0.39, 0.29) is 23.5 Å². The molecule has 0 N–H and O–H groups in total. The van der Waals surface area contributed by atoms with Crippen LogP contribution in [0.25, 0.3) is 11.4 Å². The molecule has 1 saturated heterocycles. The Bertz CT molecular complexity index is 991. The van der Waals surface area contributed by atoms with Crippen LogP contribution >= 0.6 is 11.6 Å². The molecule has 0 aliphatic carbocycles. The summed E-state index contributed by atoms with van der Waals surface area (Å²) < 4.78 is 19.2. The summed E-state index contributed by atoms with van der Waals surface area (Å²) in [5, 5.41) is 4.36. The monoisotopic (exact) mass is 399 g/mol. The maximum atomic E-state index is 13.9. The summed E-state index contributed by atoms with van der Waals surface area (Å²) in [6, 6.07) is 13.4. The average Bonchev–Trinajstić information content (AvgIpc) is 3.16. The number of benzene rings is 2. The molecule has 144 valence electrons. The van der Waals surface area contributed by atoms with Gasteiger partial charge in [-0.1, -0.05) is 41.0 Å². The van der Waals surface area contributed by atoms with E-state index in [2.05, 4.69) is 10.1 Å². The van der Waals surface area contributed by atoms with Gasteiger partial charge in [0.25, 0.3) is 5.91 Å². The lowest BCUT2D eigenvalue weighted by molar-refractivity contribution is 0.0668. The lowest BCUT2D eigenvalue weighted by Crippen LogP contribution is -2.40. The number of amides is 1. The third-order valence-corrected chi connectivity index (χ3v) is 5.29. The number of hydrogen-bond acceptors (Lipinski definition) is 4. The minimum Gasteiger partial charge on any atom is -0.339 e. The van der Waals surface area contributed by atoms with E-state index in [0.29, 0.717) is 41.6 Å². The molecule has 1 atom stereocenters. The highest BCUT2D eigenvalue weighted by Crippen LogP contribution is 2.25. The van der Waals surface area contributed by atoms with E-state index in [1.807, 2.05) is 11.0 Å². The number of carbonyl (C=O) groups is 1. The normalized spacial score (nSPS) is 16.9. The van der Waals surface area contributed by atoms with Crippen molar-refractivity contribution < 1.29 is 13.7 Å². The molecule has 3 aromatic rings. The number of rotatable bonds is 4. The molecule has 4 rings (SSSR count). The lowest BCUT2D eigenvalue weighted by Gasteiger charge is -2.32. The molecule has 2 aromatic carbocycles. The van der Waals surface area contributed by atoms with Crippen molar-refractivity contribution in [2.45, 2.75) is 19.3 Å². The van der Waals surface area contributed by atoms with Crippen LogP contribution in [0, 0.1) is 11.7 Å². The molecule has 1 amide bonds. The first kappa shape index (κ1) is 18.6. The molecule has 1 aromatic heterocycles. The van der Waals surface area contributed by atoms with E-state index in [1.165, 1.54) is 6.07 Å². The Hall–Kier alpha value is -2.73. The number of halogens is 2. The molecule has 0 saturated carbocycles. The van der Waals surface area contributed by atoms with Crippen LogP contribution < -0.4 is 0 Å². The number of piperidine rings is 1. The van der Waals surface area contributed by atoms with Crippen molar-refractivity contribution in [2.24, 2.45) is 5.92 Å². The maximum absolute atomic E-state index is 13.9. The van der Waals surface area contributed by atoms with Crippen LogP contribution in [-0.2, 0) is 6.42 Å². The molecule has 0 spiro atoms. The minimum absolute atomic E-state index is 0.0622. The van der Waals surface area contributed by atoms with Gasteiger partial charge in [0.1, 0.15) is 5.82 Å². The Morgan fingerprint density at radius 2 is 2.00 bits per heavy atom. The van der Waals surface area contributed by atoms with Crippen molar-refractivity contribution in [3.63, 3.8) is 0 Å². The standard InChI is InChI=1S/C21H19ClFN3O2/c22-17-9-3-1-7-15(17)21(27)26-11-5-6-14(13-26)12-19-24-20(25-28-19)16-8-2-4-10-18(16)23/h1-4,7-10,14H,5-6,11-13H2/t14-/m1/s1. The van der Waals surface area contributed by atoms with Gasteiger partial charge in [-0.2, -0.15) is 4.98 Å². The fourth-order valence-electron chi connectivity index (χ4n) is 3.56. The molecule has 1 fully saturated rings. The van der Waals surface area contributed by atoms with Crippen LogP contribution in [-0.4, -0.2) is 34.0 Å². The second kappa shape index (κ2) is 8.10. The average molecular weight is 400 g/mol. The van der Waals surface area contributed by atoms with Crippen LogP contribution in [0.1, 0.15) is 29.1 Å². The number of carbonyl (C=O) groups excluding carboxylic acids is 1. The van der Waals surface area contributed by atoms with Gasteiger partial charge in [0.05, 0.1) is 16.1 Å².